The highest BCUT2D eigenvalue weighted by Gasteiger charge is 2.30. The normalized spacial score (nSPS) is 11.9. The summed E-state index contributed by atoms with van der Waals surface area (Å²) in [5.74, 6) is 0.930. The van der Waals surface area contributed by atoms with Crippen molar-refractivity contribution in [2.75, 3.05) is 6.61 Å². The lowest BCUT2D eigenvalue weighted by molar-refractivity contribution is -0.137. The zero-order chi connectivity index (χ0) is 18.9. The van der Waals surface area contributed by atoms with Crippen molar-refractivity contribution < 1.29 is 23.0 Å². The Morgan fingerprint density at radius 3 is 2.54 bits per heavy atom. The number of phenols is 1. The summed E-state index contributed by atoms with van der Waals surface area (Å²) in [4.78, 5) is 1.09. The molecule has 0 saturated heterocycles. The predicted molar refractivity (Wildman–Crippen MR) is 98.2 cm³/mol. The SMILES string of the molecule is Cc1cc(OCCCc2sc3cc(C(F)(F)F)ccc3c2C)ccc1O. The van der Waals surface area contributed by atoms with Crippen LogP contribution >= 0.6 is 11.3 Å². The van der Waals surface area contributed by atoms with Crippen molar-refractivity contribution in [3.8, 4) is 11.5 Å². The second kappa shape index (κ2) is 7.19. The first-order chi connectivity index (χ1) is 12.3. The minimum absolute atomic E-state index is 0.233. The largest absolute Gasteiger partial charge is 0.508 e. The number of alkyl halides is 3. The van der Waals surface area contributed by atoms with Crippen molar-refractivity contribution in [3.63, 3.8) is 0 Å². The number of thiophene rings is 1. The molecule has 3 aromatic rings. The van der Waals surface area contributed by atoms with Gasteiger partial charge in [0.1, 0.15) is 11.5 Å². The van der Waals surface area contributed by atoms with Crippen LogP contribution in [0.4, 0.5) is 13.2 Å². The van der Waals surface area contributed by atoms with Crippen LogP contribution in [-0.4, -0.2) is 11.7 Å². The van der Waals surface area contributed by atoms with Crippen LogP contribution in [0.15, 0.2) is 36.4 Å². The highest BCUT2D eigenvalue weighted by Crippen LogP contribution is 2.37. The van der Waals surface area contributed by atoms with E-state index in [0.29, 0.717) is 17.1 Å². The number of rotatable bonds is 5. The fraction of sp³-hybridized carbons (Fsp3) is 0.300. The molecule has 0 unspecified atom stereocenters. The first-order valence-electron chi connectivity index (χ1n) is 8.27. The zero-order valence-corrected chi connectivity index (χ0v) is 15.3. The minimum Gasteiger partial charge on any atom is -0.508 e. The van der Waals surface area contributed by atoms with Gasteiger partial charge in [-0.05, 0) is 73.5 Å². The van der Waals surface area contributed by atoms with Crippen molar-refractivity contribution in [1.82, 2.24) is 0 Å². The van der Waals surface area contributed by atoms with E-state index in [1.54, 1.807) is 31.2 Å². The van der Waals surface area contributed by atoms with E-state index in [0.717, 1.165) is 40.3 Å². The fourth-order valence-electron chi connectivity index (χ4n) is 2.83. The van der Waals surface area contributed by atoms with Gasteiger partial charge < -0.3 is 9.84 Å². The molecule has 0 aliphatic rings. The lowest BCUT2D eigenvalue weighted by Crippen LogP contribution is -2.03. The molecular weight excluding hydrogens is 361 g/mol. The third kappa shape index (κ3) is 3.96. The van der Waals surface area contributed by atoms with Gasteiger partial charge in [-0.1, -0.05) is 6.07 Å². The monoisotopic (exact) mass is 380 g/mol. The molecule has 1 heterocycles. The van der Waals surface area contributed by atoms with Gasteiger partial charge in [0, 0.05) is 9.58 Å². The summed E-state index contributed by atoms with van der Waals surface area (Å²) in [6.45, 7) is 4.26. The van der Waals surface area contributed by atoms with Gasteiger partial charge in [0.25, 0.3) is 0 Å². The summed E-state index contributed by atoms with van der Waals surface area (Å²) in [6.07, 6.45) is -2.80. The van der Waals surface area contributed by atoms with E-state index in [1.165, 1.54) is 17.4 Å². The van der Waals surface area contributed by atoms with E-state index < -0.39 is 11.7 Å². The predicted octanol–water partition coefficient (Wildman–Crippen LogP) is 6.25. The van der Waals surface area contributed by atoms with Crippen LogP contribution < -0.4 is 4.74 Å². The Bertz CT molecular complexity index is 929. The smallest absolute Gasteiger partial charge is 0.416 e. The average molecular weight is 380 g/mol. The molecule has 0 atom stereocenters. The van der Waals surface area contributed by atoms with Crippen molar-refractivity contribution in [2.24, 2.45) is 0 Å². The maximum Gasteiger partial charge on any atom is 0.416 e. The highest BCUT2D eigenvalue weighted by atomic mass is 32.1. The Labute approximate surface area is 153 Å². The highest BCUT2D eigenvalue weighted by molar-refractivity contribution is 7.19. The summed E-state index contributed by atoms with van der Waals surface area (Å²) < 4.78 is 44.9. The van der Waals surface area contributed by atoms with Crippen LogP contribution in [0.25, 0.3) is 10.1 Å². The van der Waals surface area contributed by atoms with Crippen LogP contribution in [0, 0.1) is 13.8 Å². The van der Waals surface area contributed by atoms with E-state index in [9.17, 15) is 18.3 Å². The van der Waals surface area contributed by atoms with E-state index >= 15 is 0 Å². The van der Waals surface area contributed by atoms with Gasteiger partial charge in [-0.25, -0.2) is 0 Å². The Hall–Kier alpha value is -2.21. The van der Waals surface area contributed by atoms with Gasteiger partial charge in [0.05, 0.1) is 12.2 Å². The van der Waals surface area contributed by atoms with Gasteiger partial charge in [-0.2, -0.15) is 13.2 Å². The Morgan fingerprint density at radius 2 is 1.85 bits per heavy atom. The van der Waals surface area contributed by atoms with E-state index in [2.05, 4.69) is 0 Å². The Kier molecular flexibility index (Phi) is 5.14. The number of phenolic OH excluding ortho intramolecular Hbond substituents is 1. The molecule has 0 aliphatic carbocycles. The summed E-state index contributed by atoms with van der Waals surface area (Å²) in [5, 5.41) is 10.4. The van der Waals surface area contributed by atoms with Crippen LogP contribution in [0.2, 0.25) is 0 Å². The average Bonchev–Trinajstić information content (AvgIpc) is 2.90. The van der Waals surface area contributed by atoms with E-state index in [4.69, 9.17) is 4.74 Å². The van der Waals surface area contributed by atoms with Crippen LogP contribution in [0.5, 0.6) is 11.5 Å². The topological polar surface area (TPSA) is 29.5 Å². The maximum atomic E-state index is 12.9. The summed E-state index contributed by atoms with van der Waals surface area (Å²) >= 11 is 1.42. The van der Waals surface area contributed by atoms with Gasteiger partial charge in [0.2, 0.25) is 0 Å². The number of halogens is 3. The molecule has 0 bridgehead atoms. The molecule has 138 valence electrons. The number of ether oxygens (including phenoxy) is 1. The first-order valence-corrected chi connectivity index (χ1v) is 9.09. The lowest BCUT2D eigenvalue weighted by atomic mass is 10.1. The van der Waals surface area contributed by atoms with Gasteiger partial charge >= 0.3 is 6.18 Å². The fourth-order valence-corrected chi connectivity index (χ4v) is 4.12. The standard InChI is InChI=1S/C20H19F3O2S/c1-12-10-15(6-8-17(12)24)25-9-3-4-18-13(2)16-7-5-14(20(21,22)23)11-19(16)26-18/h5-8,10-11,24H,3-4,9H2,1-2H3. The van der Waals surface area contributed by atoms with Crippen LogP contribution in [0.1, 0.15) is 28.0 Å². The molecule has 1 N–H and O–H groups in total. The number of fused-ring (bicyclic) bond motifs is 1. The molecule has 0 spiro atoms. The molecule has 26 heavy (non-hydrogen) atoms. The number of hydrogen-bond donors (Lipinski definition) is 1. The summed E-state index contributed by atoms with van der Waals surface area (Å²) in [7, 11) is 0. The van der Waals surface area contributed by atoms with E-state index in [1.807, 2.05) is 6.92 Å². The molecule has 2 aromatic carbocycles. The molecule has 6 heteroatoms. The molecule has 1 aromatic heterocycles. The third-order valence-corrected chi connectivity index (χ3v) is 5.66. The van der Waals surface area contributed by atoms with Crippen molar-refractivity contribution >= 4 is 21.4 Å². The number of aryl methyl sites for hydroxylation is 3. The molecule has 3 rings (SSSR count). The second-order valence-electron chi connectivity index (χ2n) is 6.26. The van der Waals surface area contributed by atoms with Gasteiger partial charge in [-0.15, -0.1) is 11.3 Å². The molecule has 0 aliphatic heterocycles. The molecule has 0 radical (unpaired) electrons. The van der Waals surface area contributed by atoms with Crippen LogP contribution in [-0.2, 0) is 12.6 Å². The zero-order valence-electron chi connectivity index (χ0n) is 14.5. The summed E-state index contributed by atoms with van der Waals surface area (Å²) in [6, 6.07) is 9.01. The van der Waals surface area contributed by atoms with Crippen molar-refractivity contribution in [1.29, 1.82) is 0 Å². The second-order valence-corrected chi connectivity index (χ2v) is 7.40. The Balaban J connectivity index is 1.65. The molecule has 0 saturated carbocycles. The van der Waals surface area contributed by atoms with Gasteiger partial charge in [-0.3, -0.25) is 0 Å². The quantitative estimate of drug-likeness (QED) is 0.530. The van der Waals surface area contributed by atoms with Crippen LogP contribution in [0.3, 0.4) is 0 Å². The molecular formula is C20H19F3O2S. The lowest BCUT2D eigenvalue weighted by Gasteiger charge is -2.07. The number of hydrogen-bond acceptors (Lipinski definition) is 3. The van der Waals surface area contributed by atoms with Crippen molar-refractivity contribution in [3.05, 3.63) is 58.0 Å². The van der Waals surface area contributed by atoms with Gasteiger partial charge in [0.15, 0.2) is 0 Å². The third-order valence-electron chi connectivity index (χ3n) is 4.35. The first kappa shape index (κ1) is 18.6. The number of benzene rings is 2. The maximum absolute atomic E-state index is 12.9. The summed E-state index contributed by atoms with van der Waals surface area (Å²) in [5.41, 5.74) is 1.19. The molecule has 0 amide bonds. The van der Waals surface area contributed by atoms with E-state index in [-0.39, 0.29) is 5.75 Å². The van der Waals surface area contributed by atoms with Crippen molar-refractivity contribution in [2.45, 2.75) is 32.9 Å². The minimum atomic E-state index is -4.32. The Morgan fingerprint density at radius 1 is 1.08 bits per heavy atom. The number of aromatic hydroxyl groups is 1. The molecule has 0 fully saturated rings. The molecule has 2 nitrogen and oxygen atoms in total.